The van der Waals surface area contributed by atoms with Crippen molar-refractivity contribution < 1.29 is 0 Å². The van der Waals surface area contributed by atoms with Crippen LogP contribution in [0.3, 0.4) is 0 Å². The minimum Gasteiger partial charge on any atom is -0.310 e. The van der Waals surface area contributed by atoms with Gasteiger partial charge in [-0.05, 0) is 38.8 Å². The molecule has 1 aromatic heterocycles. The van der Waals surface area contributed by atoms with E-state index < -0.39 is 0 Å². The van der Waals surface area contributed by atoms with E-state index in [0.29, 0.717) is 6.04 Å². The summed E-state index contributed by atoms with van der Waals surface area (Å²) in [5.74, 6) is 0. The summed E-state index contributed by atoms with van der Waals surface area (Å²) in [4.78, 5) is 0. The van der Waals surface area contributed by atoms with E-state index >= 15 is 0 Å². The van der Waals surface area contributed by atoms with Gasteiger partial charge >= 0.3 is 0 Å². The van der Waals surface area contributed by atoms with Crippen LogP contribution in [-0.2, 0) is 13.5 Å². The van der Waals surface area contributed by atoms with Gasteiger partial charge in [0.1, 0.15) is 0 Å². The Morgan fingerprint density at radius 3 is 2.45 bits per heavy atom. The van der Waals surface area contributed by atoms with Gasteiger partial charge in [-0.3, -0.25) is 4.68 Å². The summed E-state index contributed by atoms with van der Waals surface area (Å²) in [7, 11) is 2.02. The first-order valence-electron chi connectivity index (χ1n) is 7.40. The molecular weight excluding hydrogens is 246 g/mol. The Labute approximate surface area is 122 Å². The molecular formula is C17H25N3. The van der Waals surface area contributed by atoms with E-state index in [0.717, 1.165) is 25.1 Å². The van der Waals surface area contributed by atoms with E-state index in [2.05, 4.69) is 61.5 Å². The molecule has 2 aromatic rings. The summed E-state index contributed by atoms with van der Waals surface area (Å²) < 4.78 is 1.98. The normalized spacial score (nSPS) is 12.6. The van der Waals surface area contributed by atoms with Gasteiger partial charge in [0.2, 0.25) is 0 Å². The van der Waals surface area contributed by atoms with Gasteiger partial charge in [0.05, 0.1) is 5.69 Å². The van der Waals surface area contributed by atoms with E-state index in [1.807, 2.05) is 11.7 Å². The van der Waals surface area contributed by atoms with Crippen LogP contribution in [-0.4, -0.2) is 16.3 Å². The van der Waals surface area contributed by atoms with Crippen LogP contribution in [0.1, 0.15) is 41.9 Å². The predicted octanol–water partition coefficient (Wildman–Crippen LogP) is 3.32. The van der Waals surface area contributed by atoms with E-state index in [1.165, 1.54) is 16.8 Å². The summed E-state index contributed by atoms with van der Waals surface area (Å²) in [6.07, 6.45) is 2.15. The molecule has 0 saturated carbocycles. The Hall–Kier alpha value is -1.61. The van der Waals surface area contributed by atoms with Gasteiger partial charge in [0.15, 0.2) is 0 Å². The Kier molecular flexibility index (Phi) is 4.96. The highest BCUT2D eigenvalue weighted by atomic mass is 15.3. The molecule has 0 spiro atoms. The Morgan fingerprint density at radius 1 is 1.20 bits per heavy atom. The number of nitrogens with one attached hydrogen (secondary N) is 1. The minimum absolute atomic E-state index is 0.339. The zero-order valence-electron chi connectivity index (χ0n) is 13.0. The average Bonchev–Trinajstić information content (AvgIpc) is 2.70. The predicted molar refractivity (Wildman–Crippen MR) is 83.9 cm³/mol. The first-order valence-corrected chi connectivity index (χ1v) is 7.40. The van der Waals surface area contributed by atoms with Gasteiger partial charge in [-0.25, -0.2) is 0 Å². The number of nitrogens with zero attached hydrogens (tertiary/aromatic N) is 2. The number of hydrogen-bond acceptors (Lipinski definition) is 2. The second kappa shape index (κ2) is 6.71. The summed E-state index contributed by atoms with van der Waals surface area (Å²) in [5.41, 5.74) is 5.11. The molecule has 0 bridgehead atoms. The molecule has 2 rings (SSSR count). The molecule has 0 fully saturated rings. The second-order valence-electron chi connectivity index (χ2n) is 5.40. The highest BCUT2D eigenvalue weighted by molar-refractivity contribution is 5.30. The molecule has 108 valence electrons. The van der Waals surface area contributed by atoms with Crippen molar-refractivity contribution in [3.8, 4) is 0 Å². The zero-order chi connectivity index (χ0) is 14.5. The van der Waals surface area contributed by atoms with Gasteiger partial charge in [-0.2, -0.15) is 5.10 Å². The first kappa shape index (κ1) is 14.8. The van der Waals surface area contributed by atoms with Crippen LogP contribution >= 0.6 is 0 Å². The third kappa shape index (κ3) is 3.28. The summed E-state index contributed by atoms with van der Waals surface area (Å²) in [6.45, 7) is 7.50. The van der Waals surface area contributed by atoms with Gasteiger partial charge in [0.25, 0.3) is 0 Å². The van der Waals surface area contributed by atoms with Gasteiger partial charge in [0, 0.05) is 24.3 Å². The zero-order valence-corrected chi connectivity index (χ0v) is 13.0. The van der Waals surface area contributed by atoms with Crippen molar-refractivity contribution in [3.05, 3.63) is 52.8 Å². The molecule has 0 aliphatic rings. The molecule has 1 unspecified atom stereocenters. The average molecular weight is 271 g/mol. The third-order valence-corrected chi connectivity index (χ3v) is 3.84. The molecule has 0 aliphatic heterocycles. The number of rotatable bonds is 6. The fourth-order valence-electron chi connectivity index (χ4n) is 2.74. The van der Waals surface area contributed by atoms with Crippen molar-refractivity contribution in [3.63, 3.8) is 0 Å². The van der Waals surface area contributed by atoms with Crippen molar-refractivity contribution in [1.29, 1.82) is 0 Å². The van der Waals surface area contributed by atoms with Crippen LogP contribution in [0.2, 0.25) is 0 Å². The van der Waals surface area contributed by atoms with Crippen molar-refractivity contribution in [2.75, 3.05) is 6.54 Å². The minimum atomic E-state index is 0.339. The smallest absolute Gasteiger partial charge is 0.0644 e. The molecule has 3 nitrogen and oxygen atoms in total. The summed E-state index contributed by atoms with van der Waals surface area (Å²) in [5, 5.41) is 8.23. The van der Waals surface area contributed by atoms with E-state index in [9.17, 15) is 0 Å². The fourth-order valence-corrected chi connectivity index (χ4v) is 2.74. The monoisotopic (exact) mass is 271 g/mol. The van der Waals surface area contributed by atoms with Gasteiger partial charge in [-0.1, -0.05) is 37.3 Å². The summed E-state index contributed by atoms with van der Waals surface area (Å²) >= 11 is 0. The van der Waals surface area contributed by atoms with Crippen LogP contribution in [0.15, 0.2) is 30.3 Å². The quantitative estimate of drug-likeness (QED) is 0.873. The molecule has 20 heavy (non-hydrogen) atoms. The summed E-state index contributed by atoms with van der Waals surface area (Å²) in [6, 6.07) is 11.0. The van der Waals surface area contributed by atoms with E-state index in [1.54, 1.807) is 0 Å². The van der Waals surface area contributed by atoms with E-state index in [-0.39, 0.29) is 0 Å². The highest BCUT2D eigenvalue weighted by Crippen LogP contribution is 2.24. The number of aryl methyl sites for hydroxylation is 2. The molecule has 0 saturated heterocycles. The molecule has 0 radical (unpaired) electrons. The second-order valence-corrected chi connectivity index (χ2v) is 5.40. The Balaban J connectivity index is 2.27. The van der Waals surface area contributed by atoms with Crippen molar-refractivity contribution in [1.82, 2.24) is 15.1 Å². The molecule has 0 amide bonds. The molecule has 0 aliphatic carbocycles. The first-order chi connectivity index (χ1) is 9.63. The SMILES string of the molecule is CCCNC(Cc1ccccc1)c1c(C)nn(C)c1C. The van der Waals surface area contributed by atoms with Crippen LogP contribution in [0.25, 0.3) is 0 Å². The van der Waals surface area contributed by atoms with Gasteiger partial charge in [-0.15, -0.1) is 0 Å². The fraction of sp³-hybridized carbons (Fsp3) is 0.471. The van der Waals surface area contributed by atoms with Gasteiger partial charge < -0.3 is 5.32 Å². The Morgan fingerprint density at radius 2 is 1.90 bits per heavy atom. The van der Waals surface area contributed by atoms with Crippen LogP contribution in [0, 0.1) is 13.8 Å². The van der Waals surface area contributed by atoms with Crippen LogP contribution < -0.4 is 5.32 Å². The maximum atomic E-state index is 4.56. The van der Waals surface area contributed by atoms with Crippen LogP contribution in [0.4, 0.5) is 0 Å². The third-order valence-electron chi connectivity index (χ3n) is 3.84. The number of aromatic nitrogens is 2. The molecule has 1 N–H and O–H groups in total. The number of benzene rings is 1. The molecule has 1 heterocycles. The number of hydrogen-bond donors (Lipinski definition) is 1. The lowest BCUT2D eigenvalue weighted by molar-refractivity contribution is 0.524. The van der Waals surface area contributed by atoms with Crippen LogP contribution in [0.5, 0.6) is 0 Å². The molecule has 1 atom stereocenters. The topological polar surface area (TPSA) is 29.9 Å². The lowest BCUT2D eigenvalue weighted by Crippen LogP contribution is -2.25. The maximum absolute atomic E-state index is 4.56. The maximum Gasteiger partial charge on any atom is 0.0644 e. The van der Waals surface area contributed by atoms with Crippen molar-refractivity contribution in [2.45, 2.75) is 39.7 Å². The largest absolute Gasteiger partial charge is 0.310 e. The highest BCUT2D eigenvalue weighted by Gasteiger charge is 2.19. The standard InChI is InChI=1S/C17H25N3/c1-5-11-18-16(12-15-9-7-6-8-10-15)17-13(2)19-20(4)14(17)3/h6-10,16,18H,5,11-12H2,1-4H3. The lowest BCUT2D eigenvalue weighted by Gasteiger charge is -2.19. The Bertz CT molecular complexity index is 543. The molecule has 3 heteroatoms. The lowest BCUT2D eigenvalue weighted by atomic mass is 9.97. The van der Waals surface area contributed by atoms with Crippen molar-refractivity contribution in [2.24, 2.45) is 7.05 Å². The van der Waals surface area contributed by atoms with Crippen molar-refractivity contribution >= 4 is 0 Å². The molecule has 1 aromatic carbocycles. The van der Waals surface area contributed by atoms with E-state index in [4.69, 9.17) is 0 Å².